The van der Waals surface area contributed by atoms with E-state index < -0.39 is 97.5 Å². The average Bonchev–Trinajstić information content (AvgIpc) is 0.916. The minimum Gasteiger partial charge on any atom is -0.462 e. The molecule has 17 nitrogen and oxygen atoms in total. The van der Waals surface area contributed by atoms with E-state index >= 15 is 0 Å². The lowest BCUT2D eigenvalue weighted by molar-refractivity contribution is -0.161. The Balaban J connectivity index is 5.25. The van der Waals surface area contributed by atoms with Crippen LogP contribution in [0.4, 0.5) is 0 Å². The van der Waals surface area contributed by atoms with E-state index in [1.54, 1.807) is 0 Å². The maximum absolute atomic E-state index is 13.1. The summed E-state index contributed by atoms with van der Waals surface area (Å²) in [7, 11) is -9.93. The highest BCUT2D eigenvalue weighted by molar-refractivity contribution is 7.47. The van der Waals surface area contributed by atoms with Crippen molar-refractivity contribution in [3.05, 3.63) is 0 Å². The van der Waals surface area contributed by atoms with Gasteiger partial charge < -0.3 is 33.8 Å². The Bertz CT molecular complexity index is 2030. The molecule has 0 aromatic rings. The molecule has 0 spiro atoms. The third kappa shape index (κ3) is 78.5. The second-order valence-electron chi connectivity index (χ2n) is 32.1. The zero-order valence-corrected chi connectivity index (χ0v) is 71.0. The maximum Gasteiger partial charge on any atom is 0.472 e. The van der Waals surface area contributed by atoms with Gasteiger partial charge in [-0.2, -0.15) is 0 Å². The Kier molecular flexibility index (Phi) is 74.7. The number of rotatable bonds is 84. The number of phosphoric ester groups is 2. The third-order valence-electron chi connectivity index (χ3n) is 20.5. The molecule has 3 N–H and O–H groups in total. The standard InChI is InChI=1S/C86H168O17P2/c1-8-10-11-12-13-14-15-16-17-18-19-20-21-22-29-34-39-48-55-62-69-85(90)102-81(73-96-83(88)67-60-53-46-38-33-28-24-23-27-32-37-45-52-59-66-79(7)9-2)75-100-104(92,93)98-71-80(87)72-99-105(94,95)101-76-82(74-97-84(89)68-61-54-47-42-41-44-51-58-65-78(5)6)103-86(91)70-63-56-49-40-35-30-25-26-31-36-43-50-57-64-77(3)4/h77-82,87H,8-76H2,1-7H3,(H,92,93)(H,94,95)/t79?,80-,81-,82-/m1/s1. The molecule has 0 heterocycles. The van der Waals surface area contributed by atoms with E-state index in [0.29, 0.717) is 25.7 Å². The van der Waals surface area contributed by atoms with Crippen molar-refractivity contribution in [1.82, 2.24) is 0 Å². The van der Waals surface area contributed by atoms with Gasteiger partial charge >= 0.3 is 39.5 Å². The number of unbranched alkanes of at least 4 members (excludes halogenated alkanes) is 51. The van der Waals surface area contributed by atoms with E-state index in [0.717, 1.165) is 108 Å². The Morgan fingerprint density at radius 1 is 0.276 bits per heavy atom. The van der Waals surface area contributed by atoms with Crippen LogP contribution in [0, 0.1) is 17.8 Å². The molecular formula is C86H168O17P2. The minimum atomic E-state index is -4.97. The smallest absolute Gasteiger partial charge is 0.462 e. The first-order chi connectivity index (χ1) is 50.8. The second kappa shape index (κ2) is 76.1. The monoisotopic (exact) mass is 1540 g/mol. The minimum absolute atomic E-state index is 0.107. The van der Waals surface area contributed by atoms with E-state index in [1.165, 1.54) is 263 Å². The SMILES string of the molecule is CCCCCCCCCCCCCCCCCCCCCCC(=O)O[C@H](COC(=O)CCCCCCCCCCCCCCCCC(C)CC)COP(=O)(O)OC[C@@H](O)COP(=O)(O)OC[C@@H](COC(=O)CCCCCCCCCCC(C)C)OC(=O)CCCCCCCCCCCCCCCC(C)C. The molecule has 0 aromatic carbocycles. The van der Waals surface area contributed by atoms with Gasteiger partial charge in [0.25, 0.3) is 0 Å². The molecule has 3 unspecified atom stereocenters. The van der Waals surface area contributed by atoms with Crippen molar-refractivity contribution in [2.24, 2.45) is 17.8 Å². The van der Waals surface area contributed by atoms with E-state index in [9.17, 15) is 43.2 Å². The Morgan fingerprint density at radius 2 is 0.486 bits per heavy atom. The molecule has 0 radical (unpaired) electrons. The number of aliphatic hydroxyl groups excluding tert-OH is 1. The van der Waals surface area contributed by atoms with E-state index in [-0.39, 0.29) is 25.7 Å². The largest absolute Gasteiger partial charge is 0.472 e. The van der Waals surface area contributed by atoms with Crippen LogP contribution >= 0.6 is 15.6 Å². The summed E-state index contributed by atoms with van der Waals surface area (Å²) >= 11 is 0. The number of aliphatic hydroxyl groups is 1. The molecule has 19 heteroatoms. The molecule has 0 aliphatic rings. The number of hydrogen-bond donors (Lipinski definition) is 3. The fourth-order valence-corrected chi connectivity index (χ4v) is 14.9. The van der Waals surface area contributed by atoms with Crippen molar-refractivity contribution in [2.45, 2.75) is 471 Å². The van der Waals surface area contributed by atoms with E-state index in [1.807, 2.05) is 0 Å². The van der Waals surface area contributed by atoms with Gasteiger partial charge in [-0.15, -0.1) is 0 Å². The highest BCUT2D eigenvalue weighted by atomic mass is 31.2. The summed E-state index contributed by atoms with van der Waals surface area (Å²) in [5.74, 6) is 0.258. The van der Waals surface area contributed by atoms with Crippen LogP contribution in [0.25, 0.3) is 0 Å². The fourth-order valence-electron chi connectivity index (χ4n) is 13.3. The number of ether oxygens (including phenoxy) is 4. The van der Waals surface area contributed by atoms with Gasteiger partial charge in [-0.1, -0.05) is 402 Å². The van der Waals surface area contributed by atoms with Gasteiger partial charge in [0.05, 0.1) is 26.4 Å². The summed E-state index contributed by atoms with van der Waals surface area (Å²) < 4.78 is 68.9. The quantitative estimate of drug-likeness (QED) is 0.0222. The fraction of sp³-hybridized carbons (Fsp3) is 0.953. The molecule has 105 heavy (non-hydrogen) atoms. The predicted molar refractivity (Wildman–Crippen MR) is 432 cm³/mol. The third-order valence-corrected chi connectivity index (χ3v) is 22.4. The van der Waals surface area contributed by atoms with Gasteiger partial charge in [0.15, 0.2) is 12.2 Å². The first kappa shape index (κ1) is 103. The van der Waals surface area contributed by atoms with Crippen LogP contribution in [0.5, 0.6) is 0 Å². The molecule has 0 saturated carbocycles. The van der Waals surface area contributed by atoms with Gasteiger partial charge in [-0.25, -0.2) is 9.13 Å². The normalized spacial score (nSPS) is 14.1. The van der Waals surface area contributed by atoms with Gasteiger partial charge in [0.2, 0.25) is 0 Å². The van der Waals surface area contributed by atoms with Crippen LogP contribution in [-0.4, -0.2) is 96.7 Å². The Morgan fingerprint density at radius 3 is 0.724 bits per heavy atom. The molecule has 0 aromatic heterocycles. The van der Waals surface area contributed by atoms with Gasteiger partial charge in [0, 0.05) is 25.7 Å². The van der Waals surface area contributed by atoms with Gasteiger partial charge in [-0.05, 0) is 43.4 Å². The van der Waals surface area contributed by atoms with Crippen LogP contribution in [0.1, 0.15) is 453 Å². The zero-order chi connectivity index (χ0) is 77.2. The molecule has 0 bridgehead atoms. The van der Waals surface area contributed by atoms with Gasteiger partial charge in [-0.3, -0.25) is 37.3 Å². The summed E-state index contributed by atoms with van der Waals surface area (Å²) in [6, 6.07) is 0. The van der Waals surface area contributed by atoms with E-state index in [4.69, 9.17) is 37.0 Å². The predicted octanol–water partition coefficient (Wildman–Crippen LogP) is 26.1. The molecule has 0 amide bonds. The number of carbonyl (C=O) groups is 4. The molecule has 0 saturated heterocycles. The molecule has 0 fully saturated rings. The molecule has 0 rings (SSSR count). The summed E-state index contributed by atoms with van der Waals surface area (Å²) in [4.78, 5) is 73.2. The van der Waals surface area contributed by atoms with Crippen molar-refractivity contribution >= 4 is 39.5 Å². The summed E-state index contributed by atoms with van der Waals surface area (Å²) in [6.45, 7) is 12.0. The second-order valence-corrected chi connectivity index (χ2v) is 35.0. The topological polar surface area (TPSA) is 237 Å². The average molecular weight is 1540 g/mol. The lowest BCUT2D eigenvalue weighted by atomic mass is 9.99. The molecular weight excluding hydrogens is 1370 g/mol. The van der Waals surface area contributed by atoms with Crippen LogP contribution in [0.2, 0.25) is 0 Å². The molecule has 6 atom stereocenters. The number of carbonyl (C=O) groups excluding carboxylic acids is 4. The number of phosphoric acid groups is 2. The van der Waals surface area contributed by atoms with Crippen LogP contribution in [-0.2, 0) is 65.4 Å². The van der Waals surface area contributed by atoms with Crippen molar-refractivity contribution < 1.29 is 80.2 Å². The van der Waals surface area contributed by atoms with Crippen LogP contribution in [0.15, 0.2) is 0 Å². The molecule has 0 aliphatic carbocycles. The first-order valence-corrected chi connectivity index (χ1v) is 47.4. The Labute approximate surface area is 645 Å². The number of esters is 4. The first-order valence-electron chi connectivity index (χ1n) is 44.4. The lowest BCUT2D eigenvalue weighted by Gasteiger charge is -2.21. The highest BCUT2D eigenvalue weighted by Gasteiger charge is 2.30. The summed E-state index contributed by atoms with van der Waals surface area (Å²) in [5.41, 5.74) is 0. The van der Waals surface area contributed by atoms with E-state index in [2.05, 4.69) is 48.5 Å². The lowest BCUT2D eigenvalue weighted by Crippen LogP contribution is -2.30. The number of hydrogen-bond acceptors (Lipinski definition) is 15. The molecule has 0 aliphatic heterocycles. The van der Waals surface area contributed by atoms with Crippen LogP contribution in [0.3, 0.4) is 0 Å². The summed E-state index contributed by atoms with van der Waals surface area (Å²) in [6.07, 6.45) is 66.6. The summed E-state index contributed by atoms with van der Waals surface area (Å²) in [5, 5.41) is 10.7. The van der Waals surface area contributed by atoms with Crippen molar-refractivity contribution in [1.29, 1.82) is 0 Å². The van der Waals surface area contributed by atoms with Crippen molar-refractivity contribution in [2.75, 3.05) is 39.6 Å². The van der Waals surface area contributed by atoms with Crippen LogP contribution < -0.4 is 0 Å². The zero-order valence-electron chi connectivity index (χ0n) is 69.2. The Hall–Kier alpha value is -1.94. The maximum atomic E-state index is 13.1. The van der Waals surface area contributed by atoms with Crippen molar-refractivity contribution in [3.63, 3.8) is 0 Å². The van der Waals surface area contributed by atoms with Crippen molar-refractivity contribution in [3.8, 4) is 0 Å². The van der Waals surface area contributed by atoms with Gasteiger partial charge in [0.1, 0.15) is 19.3 Å². The highest BCUT2D eigenvalue weighted by Crippen LogP contribution is 2.45. The molecule has 624 valence electrons.